The van der Waals surface area contributed by atoms with Gasteiger partial charge in [0.15, 0.2) is 16.7 Å². The zero-order valence-electron chi connectivity index (χ0n) is 20.8. The lowest BCUT2D eigenvalue weighted by Gasteiger charge is -2.40. The van der Waals surface area contributed by atoms with E-state index in [1.807, 2.05) is 23.1 Å². The molecule has 1 saturated heterocycles. The zero-order chi connectivity index (χ0) is 25.7. The number of ether oxygens (including phenoxy) is 2. The van der Waals surface area contributed by atoms with E-state index in [4.69, 9.17) is 21.1 Å². The average molecular weight is 534 g/mol. The molecule has 2 fully saturated rings. The number of piperazine rings is 1. The van der Waals surface area contributed by atoms with Gasteiger partial charge in [-0.3, -0.25) is 9.59 Å². The van der Waals surface area contributed by atoms with Crippen LogP contribution in [-0.2, 0) is 16.0 Å². The number of carbonyl (C=O) groups is 2. The van der Waals surface area contributed by atoms with Gasteiger partial charge in [0.05, 0.1) is 20.0 Å². The topological polar surface area (TPSA) is 96.9 Å². The number of hydrogen-bond acceptors (Lipinski definition) is 8. The highest BCUT2D eigenvalue weighted by atomic mass is 35.5. The van der Waals surface area contributed by atoms with E-state index in [9.17, 15) is 9.59 Å². The number of amides is 2. The Labute approximate surface area is 220 Å². The molecule has 1 aliphatic carbocycles. The predicted molar refractivity (Wildman–Crippen MR) is 140 cm³/mol. The largest absolute Gasteiger partial charge is 0.493 e. The minimum atomic E-state index is -0.105. The van der Waals surface area contributed by atoms with Crippen molar-refractivity contribution >= 4 is 41.0 Å². The lowest BCUT2D eigenvalue weighted by atomic mass is 10.1. The van der Waals surface area contributed by atoms with Crippen molar-refractivity contribution in [1.82, 2.24) is 20.2 Å². The Morgan fingerprint density at radius 3 is 2.61 bits per heavy atom. The molecule has 0 radical (unpaired) electrons. The highest BCUT2D eigenvalue weighted by Crippen LogP contribution is 2.33. The second-order valence-corrected chi connectivity index (χ2v) is 10.3. The van der Waals surface area contributed by atoms with Gasteiger partial charge in [-0.1, -0.05) is 29.4 Å². The fraction of sp³-hybridized carbons (Fsp3) is 0.520. The van der Waals surface area contributed by atoms with E-state index >= 15 is 0 Å². The molecule has 194 valence electrons. The molecular formula is C25H32ClN5O4S. The number of nitrogens with one attached hydrogen (secondary N) is 1. The maximum atomic E-state index is 12.5. The molecule has 1 atom stereocenters. The molecule has 1 aromatic carbocycles. The van der Waals surface area contributed by atoms with Crippen LogP contribution in [0, 0.1) is 5.92 Å². The fourth-order valence-electron chi connectivity index (χ4n) is 4.23. The number of benzene rings is 1. The third-order valence-electron chi connectivity index (χ3n) is 6.34. The van der Waals surface area contributed by atoms with E-state index in [1.165, 1.54) is 11.8 Å². The summed E-state index contributed by atoms with van der Waals surface area (Å²) >= 11 is 7.52. The molecule has 2 aromatic rings. The quantitative estimate of drug-likeness (QED) is 0.283. The van der Waals surface area contributed by atoms with Gasteiger partial charge in [0.1, 0.15) is 11.0 Å². The van der Waals surface area contributed by atoms with Crippen molar-refractivity contribution in [1.29, 1.82) is 0 Å². The molecule has 2 aliphatic rings. The Morgan fingerprint density at radius 1 is 1.14 bits per heavy atom. The molecule has 1 aromatic heterocycles. The Morgan fingerprint density at radius 2 is 1.92 bits per heavy atom. The van der Waals surface area contributed by atoms with Crippen LogP contribution >= 0.6 is 23.4 Å². The number of nitrogens with zero attached hydrogens (tertiary/aromatic N) is 4. The summed E-state index contributed by atoms with van der Waals surface area (Å²) in [5.74, 6) is 2.63. The highest BCUT2D eigenvalue weighted by molar-refractivity contribution is 7.99. The van der Waals surface area contributed by atoms with Crippen molar-refractivity contribution in [2.24, 2.45) is 5.92 Å². The van der Waals surface area contributed by atoms with Gasteiger partial charge in [0.25, 0.3) is 0 Å². The van der Waals surface area contributed by atoms with Crippen LogP contribution in [0.5, 0.6) is 11.5 Å². The van der Waals surface area contributed by atoms with E-state index in [2.05, 4.69) is 27.1 Å². The lowest BCUT2D eigenvalue weighted by Crippen LogP contribution is -2.54. The predicted octanol–water partition coefficient (Wildman–Crippen LogP) is 3.05. The molecule has 2 heterocycles. The zero-order valence-corrected chi connectivity index (χ0v) is 22.4. The van der Waals surface area contributed by atoms with Gasteiger partial charge in [-0.15, -0.1) is 0 Å². The molecule has 1 saturated carbocycles. The second kappa shape index (κ2) is 12.0. The molecule has 11 heteroatoms. The van der Waals surface area contributed by atoms with E-state index in [0.717, 1.165) is 24.2 Å². The number of hydrogen-bond donors (Lipinski definition) is 1. The van der Waals surface area contributed by atoms with Crippen molar-refractivity contribution in [3.63, 3.8) is 0 Å². The summed E-state index contributed by atoms with van der Waals surface area (Å²) in [6.45, 7) is 4.61. The first kappa shape index (κ1) is 26.3. The molecule has 2 amide bonds. The second-order valence-electron chi connectivity index (χ2n) is 9.01. The van der Waals surface area contributed by atoms with Crippen molar-refractivity contribution in [2.45, 2.75) is 37.4 Å². The van der Waals surface area contributed by atoms with Crippen LogP contribution in [0.1, 0.15) is 25.3 Å². The lowest BCUT2D eigenvalue weighted by molar-refractivity contribution is -0.135. The van der Waals surface area contributed by atoms with Gasteiger partial charge in [-0.25, -0.2) is 9.97 Å². The SMILES string of the molecule is COc1ccc(CCNC(=O)CSc2nc(Cl)cc(N3CCN(C(=O)C4CC4)C(C)C3)n2)cc1OC. The Bertz CT molecular complexity index is 1100. The van der Waals surface area contributed by atoms with Gasteiger partial charge in [0.2, 0.25) is 11.8 Å². The van der Waals surface area contributed by atoms with E-state index < -0.39 is 0 Å². The third-order valence-corrected chi connectivity index (χ3v) is 7.38. The first-order chi connectivity index (χ1) is 17.4. The van der Waals surface area contributed by atoms with Gasteiger partial charge in [-0.2, -0.15) is 0 Å². The Balaban J connectivity index is 1.26. The Hall–Kier alpha value is -2.72. The molecule has 4 rings (SSSR count). The molecule has 1 aliphatic heterocycles. The summed E-state index contributed by atoms with van der Waals surface area (Å²) in [4.78, 5) is 37.9. The molecule has 1 N–H and O–H groups in total. The molecular weight excluding hydrogens is 502 g/mol. The molecule has 1 unspecified atom stereocenters. The number of aromatic nitrogens is 2. The summed E-state index contributed by atoms with van der Waals surface area (Å²) in [6, 6.07) is 7.55. The van der Waals surface area contributed by atoms with E-state index in [0.29, 0.717) is 54.4 Å². The summed E-state index contributed by atoms with van der Waals surface area (Å²) in [7, 11) is 3.20. The average Bonchev–Trinajstić information content (AvgIpc) is 3.72. The van der Waals surface area contributed by atoms with Crippen molar-refractivity contribution in [3.8, 4) is 11.5 Å². The van der Waals surface area contributed by atoms with Gasteiger partial charge < -0.3 is 24.6 Å². The summed E-state index contributed by atoms with van der Waals surface area (Å²) in [5, 5.41) is 3.72. The van der Waals surface area contributed by atoms with Gasteiger partial charge in [0, 0.05) is 44.2 Å². The minimum absolute atomic E-state index is 0.105. The number of thioether (sulfide) groups is 1. The van der Waals surface area contributed by atoms with Crippen LogP contribution in [0.3, 0.4) is 0 Å². The number of anilines is 1. The summed E-state index contributed by atoms with van der Waals surface area (Å²) in [5.41, 5.74) is 1.04. The molecule has 36 heavy (non-hydrogen) atoms. The smallest absolute Gasteiger partial charge is 0.230 e. The Kier molecular flexibility index (Phi) is 8.79. The normalized spacial score (nSPS) is 17.6. The molecule has 9 nitrogen and oxygen atoms in total. The van der Waals surface area contributed by atoms with Gasteiger partial charge in [-0.05, 0) is 43.9 Å². The molecule has 0 bridgehead atoms. The summed E-state index contributed by atoms with van der Waals surface area (Å²) in [6.07, 6.45) is 2.69. The minimum Gasteiger partial charge on any atom is -0.493 e. The van der Waals surface area contributed by atoms with E-state index in [-0.39, 0.29) is 29.5 Å². The van der Waals surface area contributed by atoms with Crippen molar-refractivity contribution in [2.75, 3.05) is 51.1 Å². The number of halogens is 1. The molecule has 0 spiro atoms. The first-order valence-electron chi connectivity index (χ1n) is 12.1. The fourth-order valence-corrected chi connectivity index (χ4v) is 5.14. The van der Waals surface area contributed by atoms with Crippen LogP contribution in [0.25, 0.3) is 0 Å². The maximum absolute atomic E-state index is 12.5. The van der Waals surface area contributed by atoms with Crippen LogP contribution in [0.15, 0.2) is 29.4 Å². The first-order valence-corrected chi connectivity index (χ1v) is 13.4. The van der Waals surface area contributed by atoms with Crippen LogP contribution in [-0.4, -0.2) is 78.9 Å². The van der Waals surface area contributed by atoms with Crippen LogP contribution in [0.4, 0.5) is 5.82 Å². The van der Waals surface area contributed by atoms with Crippen molar-refractivity contribution in [3.05, 3.63) is 35.0 Å². The monoisotopic (exact) mass is 533 g/mol. The van der Waals surface area contributed by atoms with Gasteiger partial charge >= 0.3 is 0 Å². The number of carbonyl (C=O) groups excluding carboxylic acids is 2. The number of methoxy groups -OCH3 is 2. The summed E-state index contributed by atoms with van der Waals surface area (Å²) < 4.78 is 10.6. The van der Waals surface area contributed by atoms with E-state index in [1.54, 1.807) is 20.3 Å². The third kappa shape index (κ3) is 6.73. The van der Waals surface area contributed by atoms with Crippen LogP contribution in [0.2, 0.25) is 5.15 Å². The highest BCUT2D eigenvalue weighted by Gasteiger charge is 2.37. The van der Waals surface area contributed by atoms with Crippen molar-refractivity contribution < 1.29 is 19.1 Å². The van der Waals surface area contributed by atoms with Crippen LogP contribution < -0.4 is 19.7 Å². The standard InChI is InChI=1S/C25H32ClN5O4S/c1-16-14-30(10-11-31(16)24(33)18-5-6-18)22-13-21(26)28-25(29-22)36-15-23(32)27-9-8-17-4-7-19(34-2)20(12-17)35-3/h4,7,12-13,16,18H,5-6,8-11,14-15H2,1-3H3,(H,27,32). The number of rotatable bonds is 10. The maximum Gasteiger partial charge on any atom is 0.230 e.